The van der Waals surface area contributed by atoms with Gasteiger partial charge in [-0.05, 0) is 18.6 Å². The van der Waals surface area contributed by atoms with Gasteiger partial charge >= 0.3 is 0 Å². The first-order valence-electron chi connectivity index (χ1n) is 6.38. The molecule has 1 aromatic carbocycles. The second-order valence-electron chi connectivity index (χ2n) is 4.65. The molecule has 1 heterocycles. The molecule has 1 aromatic rings. The van der Waals surface area contributed by atoms with E-state index >= 15 is 0 Å². The Bertz CT molecular complexity index is 341. The molecule has 96 valence electrons. The average molecular weight is 299 g/mol. The third-order valence-corrected chi connectivity index (χ3v) is 3.30. The number of unbranched alkanes of at least 4 members (excludes halogenated alkanes) is 3. The second kappa shape index (κ2) is 6.90. The summed E-state index contributed by atoms with van der Waals surface area (Å²) >= 11 is 0. The van der Waals surface area contributed by atoms with Gasteiger partial charge < -0.3 is 9.80 Å². The van der Waals surface area contributed by atoms with Crippen molar-refractivity contribution in [1.29, 1.82) is 0 Å². The highest BCUT2D eigenvalue weighted by Crippen LogP contribution is 2.34. The number of hydrogen-bond acceptors (Lipinski definition) is 2. The number of hydrogen-bond donors (Lipinski definition) is 0. The SMILES string of the molecule is Br.CCCCCCN1CN(C)c2ccccc21. The number of fused-ring (bicyclic) bond motifs is 1. The molecule has 2 nitrogen and oxygen atoms in total. The Morgan fingerprint density at radius 1 is 1.06 bits per heavy atom. The van der Waals surface area contributed by atoms with Crippen LogP contribution in [-0.4, -0.2) is 20.3 Å². The monoisotopic (exact) mass is 298 g/mol. The summed E-state index contributed by atoms with van der Waals surface area (Å²) in [5, 5.41) is 0. The topological polar surface area (TPSA) is 6.48 Å². The molecule has 17 heavy (non-hydrogen) atoms. The Morgan fingerprint density at radius 3 is 2.47 bits per heavy atom. The van der Waals surface area contributed by atoms with Gasteiger partial charge in [-0.2, -0.15) is 0 Å². The van der Waals surface area contributed by atoms with Crippen molar-refractivity contribution in [1.82, 2.24) is 0 Å². The van der Waals surface area contributed by atoms with Crippen LogP contribution in [0, 0.1) is 0 Å². The minimum absolute atomic E-state index is 0. The highest BCUT2D eigenvalue weighted by Gasteiger charge is 2.21. The summed E-state index contributed by atoms with van der Waals surface area (Å²) in [4.78, 5) is 4.82. The Hall–Kier alpha value is -0.700. The van der Waals surface area contributed by atoms with Crippen LogP contribution in [0.4, 0.5) is 11.4 Å². The zero-order chi connectivity index (χ0) is 11.4. The number of halogens is 1. The number of rotatable bonds is 5. The molecule has 0 atom stereocenters. The van der Waals surface area contributed by atoms with Crippen molar-refractivity contribution in [3.63, 3.8) is 0 Å². The van der Waals surface area contributed by atoms with Gasteiger partial charge in [0, 0.05) is 13.6 Å². The van der Waals surface area contributed by atoms with E-state index in [2.05, 4.69) is 48.0 Å². The molecule has 0 saturated heterocycles. The van der Waals surface area contributed by atoms with Crippen LogP contribution in [-0.2, 0) is 0 Å². The minimum atomic E-state index is 0. The largest absolute Gasteiger partial charge is 0.355 e. The number of anilines is 2. The maximum absolute atomic E-state index is 2.49. The molecule has 0 amide bonds. The number of benzene rings is 1. The standard InChI is InChI=1S/C14H22N2.BrH/c1-3-4-5-8-11-16-12-15(2)13-9-6-7-10-14(13)16;/h6-7,9-10H,3-5,8,11-12H2,1-2H3;1H. The van der Waals surface area contributed by atoms with Crippen LogP contribution in [0.15, 0.2) is 24.3 Å². The van der Waals surface area contributed by atoms with E-state index in [9.17, 15) is 0 Å². The smallest absolute Gasteiger partial charge is 0.0901 e. The van der Waals surface area contributed by atoms with E-state index in [1.165, 1.54) is 43.6 Å². The lowest BCUT2D eigenvalue weighted by molar-refractivity contribution is 0.649. The summed E-state index contributed by atoms with van der Waals surface area (Å²) < 4.78 is 0. The first-order chi connectivity index (χ1) is 7.83. The lowest BCUT2D eigenvalue weighted by atomic mass is 10.2. The maximum atomic E-state index is 2.49. The lowest BCUT2D eigenvalue weighted by Gasteiger charge is -2.19. The zero-order valence-corrected chi connectivity index (χ0v) is 12.6. The van der Waals surface area contributed by atoms with Gasteiger partial charge in [-0.25, -0.2) is 0 Å². The van der Waals surface area contributed by atoms with Crippen LogP contribution < -0.4 is 9.80 Å². The molecule has 0 aromatic heterocycles. The normalized spacial score (nSPS) is 13.5. The predicted octanol–water partition coefficient (Wildman–Crippen LogP) is 4.06. The van der Waals surface area contributed by atoms with Crippen molar-refractivity contribution in [2.45, 2.75) is 32.6 Å². The van der Waals surface area contributed by atoms with Gasteiger partial charge in [-0.15, -0.1) is 17.0 Å². The molecular formula is C14H23BrN2. The van der Waals surface area contributed by atoms with Crippen LogP contribution in [0.3, 0.4) is 0 Å². The van der Waals surface area contributed by atoms with Gasteiger partial charge in [0.05, 0.1) is 18.0 Å². The van der Waals surface area contributed by atoms with Gasteiger partial charge in [0.25, 0.3) is 0 Å². The predicted molar refractivity (Wildman–Crippen MR) is 81.5 cm³/mol. The Balaban J connectivity index is 0.00000144. The van der Waals surface area contributed by atoms with Gasteiger partial charge in [0.2, 0.25) is 0 Å². The van der Waals surface area contributed by atoms with E-state index in [0.717, 1.165) is 6.67 Å². The van der Waals surface area contributed by atoms with Gasteiger partial charge in [-0.3, -0.25) is 0 Å². The van der Waals surface area contributed by atoms with E-state index in [4.69, 9.17) is 0 Å². The zero-order valence-electron chi connectivity index (χ0n) is 10.9. The fraction of sp³-hybridized carbons (Fsp3) is 0.571. The molecule has 0 bridgehead atoms. The van der Waals surface area contributed by atoms with Crippen molar-refractivity contribution in [2.75, 3.05) is 30.1 Å². The molecule has 1 aliphatic rings. The van der Waals surface area contributed by atoms with Crippen LogP contribution in [0.2, 0.25) is 0 Å². The molecule has 0 N–H and O–H groups in total. The van der Waals surface area contributed by atoms with Gasteiger partial charge in [0.15, 0.2) is 0 Å². The van der Waals surface area contributed by atoms with E-state index in [1.807, 2.05) is 0 Å². The van der Waals surface area contributed by atoms with Gasteiger partial charge in [-0.1, -0.05) is 38.3 Å². The average Bonchev–Trinajstić information content (AvgIpc) is 2.63. The van der Waals surface area contributed by atoms with E-state index in [1.54, 1.807) is 0 Å². The Labute approximate surface area is 115 Å². The van der Waals surface area contributed by atoms with Gasteiger partial charge in [0.1, 0.15) is 0 Å². The van der Waals surface area contributed by atoms with Crippen molar-refractivity contribution < 1.29 is 0 Å². The Morgan fingerprint density at radius 2 is 1.76 bits per heavy atom. The van der Waals surface area contributed by atoms with Crippen LogP contribution in [0.5, 0.6) is 0 Å². The van der Waals surface area contributed by atoms with E-state index in [-0.39, 0.29) is 17.0 Å². The summed E-state index contributed by atoms with van der Waals surface area (Å²) in [6.45, 7) is 4.51. The summed E-state index contributed by atoms with van der Waals surface area (Å²) in [5.41, 5.74) is 2.78. The Kier molecular flexibility index (Phi) is 5.83. The third-order valence-electron chi connectivity index (χ3n) is 3.30. The maximum Gasteiger partial charge on any atom is 0.0901 e. The molecule has 1 aliphatic heterocycles. The molecule has 3 heteroatoms. The summed E-state index contributed by atoms with van der Waals surface area (Å²) in [7, 11) is 2.17. The first kappa shape index (κ1) is 14.4. The molecule has 0 unspecified atom stereocenters. The van der Waals surface area contributed by atoms with Crippen molar-refractivity contribution >= 4 is 28.4 Å². The number of para-hydroxylation sites is 2. The van der Waals surface area contributed by atoms with Crippen molar-refractivity contribution in [3.05, 3.63) is 24.3 Å². The fourth-order valence-electron chi connectivity index (χ4n) is 2.38. The van der Waals surface area contributed by atoms with E-state index in [0.29, 0.717) is 0 Å². The molecule has 2 rings (SSSR count). The van der Waals surface area contributed by atoms with Crippen LogP contribution in [0.1, 0.15) is 32.6 Å². The van der Waals surface area contributed by atoms with E-state index < -0.39 is 0 Å². The second-order valence-corrected chi connectivity index (χ2v) is 4.65. The quantitative estimate of drug-likeness (QED) is 0.757. The number of nitrogens with zero attached hydrogens (tertiary/aromatic N) is 2. The summed E-state index contributed by atoms with van der Waals surface area (Å²) in [6, 6.07) is 8.70. The lowest BCUT2D eigenvalue weighted by Crippen LogP contribution is -2.28. The summed E-state index contributed by atoms with van der Waals surface area (Å²) in [6.07, 6.45) is 5.36. The van der Waals surface area contributed by atoms with Crippen LogP contribution in [0.25, 0.3) is 0 Å². The molecule has 0 radical (unpaired) electrons. The molecule has 0 spiro atoms. The highest BCUT2D eigenvalue weighted by atomic mass is 79.9. The molecule has 0 aliphatic carbocycles. The first-order valence-corrected chi connectivity index (χ1v) is 6.38. The third kappa shape index (κ3) is 3.38. The van der Waals surface area contributed by atoms with Crippen molar-refractivity contribution in [2.24, 2.45) is 0 Å². The van der Waals surface area contributed by atoms with Crippen LogP contribution >= 0.6 is 17.0 Å². The molecular weight excluding hydrogens is 276 g/mol. The fourth-order valence-corrected chi connectivity index (χ4v) is 2.38. The molecule has 0 fully saturated rings. The highest BCUT2D eigenvalue weighted by molar-refractivity contribution is 8.93. The van der Waals surface area contributed by atoms with Crippen molar-refractivity contribution in [3.8, 4) is 0 Å². The minimum Gasteiger partial charge on any atom is -0.355 e. The molecule has 0 saturated carbocycles. The summed E-state index contributed by atoms with van der Waals surface area (Å²) in [5.74, 6) is 0.